The van der Waals surface area contributed by atoms with E-state index < -0.39 is 0 Å². The first kappa shape index (κ1) is 16.0. The number of likely N-dealkylation sites (tertiary alicyclic amines) is 1. The van der Waals surface area contributed by atoms with Gasteiger partial charge in [0.25, 0.3) is 0 Å². The zero-order chi connectivity index (χ0) is 15.3. The molecule has 0 bridgehead atoms. The highest BCUT2D eigenvalue weighted by Crippen LogP contribution is 2.30. The van der Waals surface area contributed by atoms with Crippen molar-refractivity contribution >= 4 is 0 Å². The van der Waals surface area contributed by atoms with Crippen LogP contribution in [-0.2, 0) is 6.54 Å². The molecule has 0 unspecified atom stereocenters. The van der Waals surface area contributed by atoms with E-state index in [1.165, 1.54) is 25.3 Å². The molecule has 1 saturated heterocycles. The molecule has 1 N–H and O–H groups in total. The zero-order valence-corrected chi connectivity index (χ0v) is 13.0. The van der Waals surface area contributed by atoms with Crippen LogP contribution in [0.4, 0.5) is 4.39 Å². The Bertz CT molecular complexity index is 542. The average Bonchev–Trinajstić information content (AvgIpc) is 2.61. The second kappa shape index (κ2) is 7.06. The van der Waals surface area contributed by atoms with Gasteiger partial charge in [-0.2, -0.15) is 0 Å². The summed E-state index contributed by atoms with van der Waals surface area (Å²) in [7, 11) is 0. The fourth-order valence-corrected chi connectivity index (χ4v) is 2.80. The van der Waals surface area contributed by atoms with Crippen LogP contribution < -0.4 is 0 Å². The highest BCUT2D eigenvalue weighted by molar-refractivity contribution is 5.38. The van der Waals surface area contributed by atoms with Crippen LogP contribution >= 0.6 is 0 Å². The molecular weight excluding hydrogens is 265 g/mol. The van der Waals surface area contributed by atoms with E-state index in [2.05, 4.69) is 30.6 Å². The third-order valence-electron chi connectivity index (χ3n) is 4.17. The number of halogens is 1. The Labute approximate surface area is 127 Å². The van der Waals surface area contributed by atoms with Gasteiger partial charge in [0.1, 0.15) is 12.4 Å². The normalized spacial score (nSPS) is 18.7. The van der Waals surface area contributed by atoms with Gasteiger partial charge in [-0.1, -0.05) is 31.8 Å². The van der Waals surface area contributed by atoms with Crippen molar-refractivity contribution in [3.63, 3.8) is 0 Å². The molecule has 0 aliphatic carbocycles. The molecule has 1 heterocycles. The van der Waals surface area contributed by atoms with Crippen LogP contribution in [0.3, 0.4) is 0 Å². The Kier molecular flexibility index (Phi) is 5.39. The van der Waals surface area contributed by atoms with Crippen LogP contribution in [0.15, 0.2) is 18.2 Å². The molecule has 1 fully saturated rings. The number of hydrogen-bond acceptors (Lipinski definition) is 2. The molecule has 1 aromatic rings. The summed E-state index contributed by atoms with van der Waals surface area (Å²) in [5.74, 6) is 4.86. The van der Waals surface area contributed by atoms with Crippen LogP contribution in [0.25, 0.3) is 0 Å². The van der Waals surface area contributed by atoms with Gasteiger partial charge in [-0.15, -0.1) is 0 Å². The zero-order valence-electron chi connectivity index (χ0n) is 13.0. The van der Waals surface area contributed by atoms with Gasteiger partial charge in [-0.05, 0) is 55.5 Å². The molecule has 2 nitrogen and oxygen atoms in total. The van der Waals surface area contributed by atoms with Crippen molar-refractivity contribution < 1.29 is 9.50 Å². The van der Waals surface area contributed by atoms with E-state index in [1.807, 2.05) is 6.07 Å². The standard InChI is InChI=1S/C18H24FNO/c1-18(2)8-4-10-20(11-9-18)14-15-6-7-17(19)16(13-15)5-3-12-21/h6-7,13,21H,4,8-12,14H2,1-2H3. The van der Waals surface area contributed by atoms with Gasteiger partial charge in [0.2, 0.25) is 0 Å². The van der Waals surface area contributed by atoms with E-state index >= 15 is 0 Å². The molecule has 2 rings (SSSR count). The van der Waals surface area contributed by atoms with Crippen molar-refractivity contribution in [2.75, 3.05) is 19.7 Å². The molecule has 0 radical (unpaired) electrons. The Morgan fingerprint density at radius 1 is 1.29 bits per heavy atom. The predicted molar refractivity (Wildman–Crippen MR) is 83.3 cm³/mol. The van der Waals surface area contributed by atoms with Crippen molar-refractivity contribution in [2.24, 2.45) is 5.41 Å². The molecule has 0 amide bonds. The van der Waals surface area contributed by atoms with Gasteiger partial charge in [0.15, 0.2) is 0 Å². The van der Waals surface area contributed by atoms with Crippen LogP contribution in [0, 0.1) is 23.1 Å². The number of rotatable bonds is 2. The highest BCUT2D eigenvalue weighted by atomic mass is 19.1. The first-order chi connectivity index (χ1) is 10.00. The third-order valence-corrected chi connectivity index (χ3v) is 4.17. The predicted octanol–water partition coefficient (Wildman–Crippen LogP) is 3.18. The van der Waals surface area contributed by atoms with E-state index in [0.717, 1.165) is 25.2 Å². The molecule has 1 aromatic carbocycles. The van der Waals surface area contributed by atoms with Gasteiger partial charge >= 0.3 is 0 Å². The fourth-order valence-electron chi connectivity index (χ4n) is 2.80. The topological polar surface area (TPSA) is 23.5 Å². The van der Waals surface area contributed by atoms with E-state index in [9.17, 15) is 4.39 Å². The number of benzene rings is 1. The summed E-state index contributed by atoms with van der Waals surface area (Å²) in [6, 6.07) is 5.10. The third kappa shape index (κ3) is 4.84. The van der Waals surface area contributed by atoms with Crippen LogP contribution in [0.2, 0.25) is 0 Å². The van der Waals surface area contributed by atoms with Crippen LogP contribution in [0.1, 0.15) is 44.2 Å². The van der Waals surface area contributed by atoms with Crippen molar-refractivity contribution in [1.29, 1.82) is 0 Å². The lowest BCUT2D eigenvalue weighted by molar-refractivity contribution is 0.256. The van der Waals surface area contributed by atoms with E-state index in [-0.39, 0.29) is 12.4 Å². The van der Waals surface area contributed by atoms with Crippen molar-refractivity contribution in [1.82, 2.24) is 4.90 Å². The minimum absolute atomic E-state index is 0.245. The lowest BCUT2D eigenvalue weighted by atomic mass is 9.85. The van der Waals surface area contributed by atoms with Crippen molar-refractivity contribution in [3.8, 4) is 11.8 Å². The van der Waals surface area contributed by atoms with Gasteiger partial charge in [0.05, 0.1) is 5.56 Å². The molecule has 0 atom stereocenters. The lowest BCUT2D eigenvalue weighted by Crippen LogP contribution is -2.25. The largest absolute Gasteiger partial charge is 0.384 e. The maximum Gasteiger partial charge on any atom is 0.138 e. The maximum absolute atomic E-state index is 13.6. The number of aliphatic hydroxyl groups excluding tert-OH is 1. The quantitative estimate of drug-likeness (QED) is 0.845. The van der Waals surface area contributed by atoms with E-state index in [0.29, 0.717) is 11.0 Å². The Morgan fingerprint density at radius 2 is 2.10 bits per heavy atom. The molecule has 21 heavy (non-hydrogen) atoms. The van der Waals surface area contributed by atoms with Gasteiger partial charge in [-0.3, -0.25) is 4.90 Å². The molecule has 1 aliphatic rings. The van der Waals surface area contributed by atoms with Gasteiger partial charge < -0.3 is 5.11 Å². The molecule has 0 aromatic heterocycles. The van der Waals surface area contributed by atoms with E-state index in [4.69, 9.17) is 5.11 Å². The second-order valence-corrected chi connectivity index (χ2v) is 6.57. The molecule has 0 saturated carbocycles. The average molecular weight is 289 g/mol. The SMILES string of the molecule is CC1(C)CCCN(Cc2ccc(F)c(C#CCO)c2)CC1. The van der Waals surface area contributed by atoms with E-state index in [1.54, 1.807) is 6.07 Å². The summed E-state index contributed by atoms with van der Waals surface area (Å²) in [5.41, 5.74) is 1.88. The first-order valence-corrected chi connectivity index (χ1v) is 7.61. The van der Waals surface area contributed by atoms with Crippen molar-refractivity contribution in [2.45, 2.75) is 39.7 Å². The van der Waals surface area contributed by atoms with Gasteiger partial charge in [-0.25, -0.2) is 4.39 Å². The summed E-state index contributed by atoms with van der Waals surface area (Å²) in [6.45, 7) is 7.43. The van der Waals surface area contributed by atoms with Crippen LogP contribution in [0.5, 0.6) is 0 Å². The van der Waals surface area contributed by atoms with Crippen LogP contribution in [-0.4, -0.2) is 29.7 Å². The Morgan fingerprint density at radius 3 is 2.86 bits per heavy atom. The summed E-state index contributed by atoms with van der Waals surface area (Å²) in [4.78, 5) is 2.44. The van der Waals surface area contributed by atoms with Crippen molar-refractivity contribution in [3.05, 3.63) is 35.1 Å². The number of aliphatic hydroxyl groups is 1. The summed E-state index contributed by atoms with van der Waals surface area (Å²) in [6.07, 6.45) is 3.68. The van der Waals surface area contributed by atoms with Gasteiger partial charge in [0, 0.05) is 6.54 Å². The first-order valence-electron chi connectivity index (χ1n) is 7.61. The summed E-state index contributed by atoms with van der Waals surface area (Å²) in [5, 5.41) is 8.72. The molecule has 0 spiro atoms. The Hall–Kier alpha value is -1.37. The number of hydrogen-bond donors (Lipinski definition) is 1. The molecular formula is C18H24FNO. The summed E-state index contributed by atoms with van der Waals surface area (Å²) < 4.78 is 13.6. The monoisotopic (exact) mass is 289 g/mol. The second-order valence-electron chi connectivity index (χ2n) is 6.57. The molecule has 1 aliphatic heterocycles. The smallest absolute Gasteiger partial charge is 0.138 e. The summed E-state index contributed by atoms with van der Waals surface area (Å²) >= 11 is 0. The minimum Gasteiger partial charge on any atom is -0.384 e. The molecule has 3 heteroatoms. The number of nitrogens with zero attached hydrogens (tertiary/aromatic N) is 1. The maximum atomic E-state index is 13.6. The lowest BCUT2D eigenvalue weighted by Gasteiger charge is -2.23. The Balaban J connectivity index is 2.06. The molecule has 114 valence electrons. The highest BCUT2D eigenvalue weighted by Gasteiger charge is 2.22. The minimum atomic E-state index is -0.323. The fraction of sp³-hybridized carbons (Fsp3) is 0.556.